The fourth-order valence-corrected chi connectivity index (χ4v) is 4.89. The Balaban J connectivity index is 1.63. The summed E-state index contributed by atoms with van der Waals surface area (Å²) in [5.74, 6) is 2.18. The zero-order valence-corrected chi connectivity index (χ0v) is 22.0. The third-order valence-corrected chi connectivity index (χ3v) is 6.86. The van der Waals surface area contributed by atoms with Crippen LogP contribution in [0.15, 0.2) is 48.4 Å². The molecule has 0 spiro atoms. The number of piperidine rings is 1. The van der Waals surface area contributed by atoms with Gasteiger partial charge in [-0.1, -0.05) is 13.0 Å². The smallest absolute Gasteiger partial charge is 0.250 e. The van der Waals surface area contributed by atoms with E-state index in [2.05, 4.69) is 18.8 Å². The molecule has 1 aromatic heterocycles. The zero-order chi connectivity index (χ0) is 25.8. The highest BCUT2D eigenvalue weighted by Crippen LogP contribution is 2.37. The minimum atomic E-state index is -0.0858. The number of hydrogen-bond acceptors (Lipinski definition) is 5. The van der Waals surface area contributed by atoms with Crippen molar-refractivity contribution in [1.29, 1.82) is 0 Å². The van der Waals surface area contributed by atoms with Crippen molar-refractivity contribution in [2.75, 3.05) is 27.9 Å². The number of hydrogen-bond donors (Lipinski definition) is 0. The summed E-state index contributed by atoms with van der Waals surface area (Å²) in [4.78, 5) is 19.9. The summed E-state index contributed by atoms with van der Waals surface area (Å²) in [6.07, 6.45) is 8.22. The van der Waals surface area contributed by atoms with Crippen molar-refractivity contribution in [3.05, 3.63) is 70.8 Å². The van der Waals surface area contributed by atoms with Crippen LogP contribution in [0.2, 0.25) is 0 Å². The molecule has 1 aliphatic heterocycles. The first kappa shape index (κ1) is 25.4. The minimum absolute atomic E-state index is 0.0684. The molecule has 1 fully saturated rings. The third-order valence-electron chi connectivity index (χ3n) is 6.86. The van der Waals surface area contributed by atoms with Crippen LogP contribution in [-0.2, 0) is 11.2 Å². The lowest BCUT2D eigenvalue weighted by molar-refractivity contribution is -0.130. The molecule has 190 valence electrons. The second kappa shape index (κ2) is 10.9. The van der Waals surface area contributed by atoms with E-state index in [1.807, 2.05) is 59.0 Å². The van der Waals surface area contributed by atoms with Crippen LogP contribution in [0.25, 0.3) is 11.8 Å². The van der Waals surface area contributed by atoms with Crippen LogP contribution in [0.3, 0.4) is 0 Å². The molecule has 7 nitrogen and oxygen atoms in total. The van der Waals surface area contributed by atoms with Gasteiger partial charge >= 0.3 is 0 Å². The van der Waals surface area contributed by atoms with Crippen LogP contribution in [0.1, 0.15) is 55.1 Å². The summed E-state index contributed by atoms with van der Waals surface area (Å²) in [5.41, 5.74) is 5.83. The summed E-state index contributed by atoms with van der Waals surface area (Å²) >= 11 is 0. The summed E-state index contributed by atoms with van der Waals surface area (Å²) in [6.45, 7) is 6.88. The number of aryl methyl sites for hydroxylation is 2. The second-order valence-electron chi connectivity index (χ2n) is 9.06. The number of benzene rings is 2. The Hall–Kier alpha value is -3.74. The van der Waals surface area contributed by atoms with Gasteiger partial charge in [-0.2, -0.15) is 0 Å². The Kier molecular flexibility index (Phi) is 7.67. The van der Waals surface area contributed by atoms with Gasteiger partial charge in [-0.05, 0) is 80.1 Å². The molecular weight excluding hydrogens is 454 g/mol. The van der Waals surface area contributed by atoms with Crippen molar-refractivity contribution in [1.82, 2.24) is 14.5 Å². The van der Waals surface area contributed by atoms with E-state index in [-0.39, 0.29) is 11.9 Å². The summed E-state index contributed by atoms with van der Waals surface area (Å²) in [7, 11) is 4.94. The average Bonchev–Trinajstić information content (AvgIpc) is 3.34. The lowest BCUT2D eigenvalue weighted by atomic mass is 9.94. The first-order valence-corrected chi connectivity index (χ1v) is 12.4. The van der Waals surface area contributed by atoms with Gasteiger partial charge in [0.2, 0.25) is 5.91 Å². The van der Waals surface area contributed by atoms with Crippen LogP contribution in [-0.4, -0.2) is 48.2 Å². The SMILES string of the molecule is CCc1cc(OC)c(OC)cc1[C@H](C)N1CCC/C(=C\c2ccc(-n3cnc(C)c3)c(OC)c2)C1=O. The van der Waals surface area contributed by atoms with Gasteiger partial charge in [0.15, 0.2) is 11.5 Å². The number of nitrogens with zero attached hydrogens (tertiary/aromatic N) is 3. The van der Waals surface area contributed by atoms with Crippen molar-refractivity contribution in [3.63, 3.8) is 0 Å². The minimum Gasteiger partial charge on any atom is -0.495 e. The van der Waals surface area contributed by atoms with Crippen LogP contribution < -0.4 is 14.2 Å². The van der Waals surface area contributed by atoms with E-state index < -0.39 is 0 Å². The Morgan fingerprint density at radius 3 is 2.42 bits per heavy atom. The van der Waals surface area contributed by atoms with Crippen LogP contribution in [0.5, 0.6) is 17.2 Å². The van der Waals surface area contributed by atoms with Crippen molar-refractivity contribution in [3.8, 4) is 22.9 Å². The molecule has 36 heavy (non-hydrogen) atoms. The Labute approximate surface area is 213 Å². The maximum atomic E-state index is 13.6. The van der Waals surface area contributed by atoms with Gasteiger partial charge < -0.3 is 23.7 Å². The van der Waals surface area contributed by atoms with Gasteiger partial charge in [0, 0.05) is 18.3 Å². The standard InChI is InChI=1S/C29H35N3O4/c1-7-22-15-27(35-5)28(36-6)16-24(22)20(3)32-12-8-9-23(29(32)33)13-21-10-11-25(26(14-21)34-4)31-17-19(2)30-18-31/h10-11,13-18,20H,7-9,12H2,1-6H3/b23-13+/t20-/m0/s1. The van der Waals surface area contributed by atoms with Gasteiger partial charge in [0.1, 0.15) is 5.75 Å². The van der Waals surface area contributed by atoms with Gasteiger partial charge in [0.05, 0.1) is 45.1 Å². The van der Waals surface area contributed by atoms with Crippen molar-refractivity contribution < 1.29 is 19.0 Å². The second-order valence-corrected chi connectivity index (χ2v) is 9.06. The van der Waals surface area contributed by atoms with E-state index in [1.54, 1.807) is 27.7 Å². The number of rotatable bonds is 8. The van der Waals surface area contributed by atoms with E-state index in [0.29, 0.717) is 11.5 Å². The monoisotopic (exact) mass is 489 g/mol. The van der Waals surface area contributed by atoms with Crippen molar-refractivity contribution >= 4 is 12.0 Å². The highest BCUT2D eigenvalue weighted by atomic mass is 16.5. The topological polar surface area (TPSA) is 65.8 Å². The normalized spacial score (nSPS) is 15.8. The number of aromatic nitrogens is 2. The van der Waals surface area contributed by atoms with Gasteiger partial charge in [-0.25, -0.2) is 4.98 Å². The number of methoxy groups -OCH3 is 3. The molecule has 0 N–H and O–H groups in total. The highest BCUT2D eigenvalue weighted by molar-refractivity contribution is 5.98. The lowest BCUT2D eigenvalue weighted by Gasteiger charge is -2.35. The van der Waals surface area contributed by atoms with Gasteiger partial charge in [-0.15, -0.1) is 0 Å². The molecule has 1 saturated heterocycles. The molecule has 1 atom stereocenters. The highest BCUT2D eigenvalue weighted by Gasteiger charge is 2.29. The quantitative estimate of drug-likeness (QED) is 0.389. The fraction of sp³-hybridized carbons (Fsp3) is 0.379. The van der Waals surface area contributed by atoms with Crippen LogP contribution >= 0.6 is 0 Å². The van der Waals surface area contributed by atoms with E-state index in [0.717, 1.165) is 65.2 Å². The number of imidazole rings is 1. The fourth-order valence-electron chi connectivity index (χ4n) is 4.89. The summed E-state index contributed by atoms with van der Waals surface area (Å²) < 4.78 is 18.6. The molecule has 1 amide bonds. The number of carbonyl (C=O) groups excluding carboxylic acids is 1. The largest absolute Gasteiger partial charge is 0.495 e. The molecule has 4 rings (SSSR count). The number of ether oxygens (including phenoxy) is 3. The van der Waals surface area contributed by atoms with E-state index in [4.69, 9.17) is 14.2 Å². The molecule has 0 radical (unpaired) electrons. The molecule has 0 unspecified atom stereocenters. The van der Waals surface area contributed by atoms with Crippen LogP contribution in [0.4, 0.5) is 0 Å². The Bertz CT molecular complexity index is 1280. The molecule has 2 aromatic carbocycles. The average molecular weight is 490 g/mol. The molecule has 0 saturated carbocycles. The molecule has 1 aliphatic rings. The molecule has 0 bridgehead atoms. The molecule has 3 aromatic rings. The lowest BCUT2D eigenvalue weighted by Crippen LogP contribution is -2.39. The van der Waals surface area contributed by atoms with E-state index >= 15 is 0 Å². The number of likely N-dealkylation sites (tertiary alicyclic amines) is 1. The zero-order valence-electron chi connectivity index (χ0n) is 22.0. The van der Waals surface area contributed by atoms with E-state index in [1.165, 1.54) is 0 Å². The third kappa shape index (κ3) is 4.96. The predicted octanol–water partition coefficient (Wildman–Crippen LogP) is 5.54. The first-order chi connectivity index (χ1) is 17.4. The summed E-state index contributed by atoms with van der Waals surface area (Å²) in [6, 6.07) is 9.92. The van der Waals surface area contributed by atoms with Crippen molar-refractivity contribution in [2.24, 2.45) is 0 Å². The van der Waals surface area contributed by atoms with E-state index in [9.17, 15) is 4.79 Å². The maximum Gasteiger partial charge on any atom is 0.250 e. The van der Waals surface area contributed by atoms with Crippen LogP contribution in [0, 0.1) is 6.92 Å². The van der Waals surface area contributed by atoms with Gasteiger partial charge in [0.25, 0.3) is 0 Å². The van der Waals surface area contributed by atoms with Crippen molar-refractivity contribution in [2.45, 2.75) is 46.1 Å². The number of amides is 1. The predicted molar refractivity (Wildman–Crippen MR) is 141 cm³/mol. The Morgan fingerprint density at radius 1 is 1.06 bits per heavy atom. The first-order valence-electron chi connectivity index (χ1n) is 12.4. The summed E-state index contributed by atoms with van der Waals surface area (Å²) in [5, 5.41) is 0. The molecular formula is C29H35N3O4. The molecule has 0 aliphatic carbocycles. The molecule has 2 heterocycles. The molecule has 7 heteroatoms. The van der Waals surface area contributed by atoms with Gasteiger partial charge in [-0.3, -0.25) is 4.79 Å². The Morgan fingerprint density at radius 2 is 1.78 bits per heavy atom. The maximum absolute atomic E-state index is 13.6. The number of carbonyl (C=O) groups is 1.